The van der Waals surface area contributed by atoms with E-state index in [4.69, 9.17) is 5.26 Å². The molecule has 0 spiro atoms. The largest absolute Gasteiger partial charge is 0.341 e. The summed E-state index contributed by atoms with van der Waals surface area (Å²) in [7, 11) is 1.80. The summed E-state index contributed by atoms with van der Waals surface area (Å²) in [5.41, 5.74) is 1.65. The highest BCUT2D eigenvalue weighted by molar-refractivity contribution is 8.00. The molecule has 0 aliphatic rings. The number of rotatable bonds is 5. The zero-order valence-corrected chi connectivity index (χ0v) is 12.6. The summed E-state index contributed by atoms with van der Waals surface area (Å²) >= 11 is 1.54. The fourth-order valence-electron chi connectivity index (χ4n) is 1.82. The number of hydrogen-bond acceptors (Lipinski definition) is 3. The van der Waals surface area contributed by atoms with Crippen molar-refractivity contribution in [2.24, 2.45) is 0 Å². The fourth-order valence-corrected chi connectivity index (χ4v) is 2.68. The Labute approximate surface area is 129 Å². The second kappa shape index (κ2) is 7.51. The normalized spacial score (nSPS) is 9.90. The van der Waals surface area contributed by atoms with Gasteiger partial charge in [0.05, 0.1) is 17.4 Å². The molecule has 0 aliphatic heterocycles. The molecule has 0 aromatic heterocycles. The number of carbonyl (C=O) groups excluding carboxylic acids is 1. The van der Waals surface area contributed by atoms with Crippen molar-refractivity contribution in [2.45, 2.75) is 11.4 Å². The number of nitrogens with zero attached hydrogens (tertiary/aromatic N) is 2. The summed E-state index contributed by atoms with van der Waals surface area (Å²) in [5.74, 6) is 0.518. The summed E-state index contributed by atoms with van der Waals surface area (Å²) < 4.78 is 0. The molecule has 106 valence electrons. The second-order valence-electron chi connectivity index (χ2n) is 4.66. The van der Waals surface area contributed by atoms with Crippen LogP contribution in [-0.2, 0) is 11.3 Å². The third-order valence-electron chi connectivity index (χ3n) is 3.03. The molecule has 21 heavy (non-hydrogen) atoms. The fraction of sp³-hybridized carbons (Fsp3) is 0.176. The van der Waals surface area contributed by atoms with E-state index in [1.807, 2.05) is 42.5 Å². The molecule has 0 radical (unpaired) electrons. The summed E-state index contributed by atoms with van der Waals surface area (Å²) in [5, 5.41) is 8.76. The van der Waals surface area contributed by atoms with E-state index in [1.165, 1.54) is 11.8 Å². The van der Waals surface area contributed by atoms with E-state index >= 15 is 0 Å². The van der Waals surface area contributed by atoms with Gasteiger partial charge in [-0.05, 0) is 29.8 Å². The zero-order valence-electron chi connectivity index (χ0n) is 11.8. The monoisotopic (exact) mass is 296 g/mol. The van der Waals surface area contributed by atoms with Gasteiger partial charge in [0.25, 0.3) is 0 Å². The first-order chi connectivity index (χ1) is 10.2. The predicted octanol–water partition coefficient (Wildman–Crippen LogP) is 3.31. The zero-order chi connectivity index (χ0) is 15.1. The van der Waals surface area contributed by atoms with E-state index in [0.717, 1.165) is 10.5 Å². The molecule has 0 saturated carbocycles. The minimum atomic E-state index is 0.0909. The van der Waals surface area contributed by atoms with Gasteiger partial charge in [-0.2, -0.15) is 5.26 Å². The Hall–Kier alpha value is -2.25. The molecule has 0 bridgehead atoms. The van der Waals surface area contributed by atoms with Crippen LogP contribution in [0.2, 0.25) is 0 Å². The van der Waals surface area contributed by atoms with Crippen LogP contribution in [0.4, 0.5) is 0 Å². The van der Waals surface area contributed by atoms with Crippen LogP contribution in [0.1, 0.15) is 11.1 Å². The minimum Gasteiger partial charge on any atom is -0.341 e. The molecule has 0 aliphatic carbocycles. The Morgan fingerprint density at radius 3 is 2.43 bits per heavy atom. The van der Waals surface area contributed by atoms with Gasteiger partial charge in [0.1, 0.15) is 0 Å². The van der Waals surface area contributed by atoms with Crippen LogP contribution in [0.5, 0.6) is 0 Å². The van der Waals surface area contributed by atoms with Gasteiger partial charge < -0.3 is 4.90 Å². The van der Waals surface area contributed by atoms with Gasteiger partial charge in [-0.1, -0.05) is 30.3 Å². The highest BCUT2D eigenvalue weighted by Crippen LogP contribution is 2.17. The molecule has 1 amide bonds. The molecule has 0 fully saturated rings. The molecule has 0 heterocycles. The van der Waals surface area contributed by atoms with E-state index in [0.29, 0.717) is 17.9 Å². The maximum absolute atomic E-state index is 12.1. The lowest BCUT2D eigenvalue weighted by Crippen LogP contribution is -2.27. The molecule has 2 aromatic rings. The first-order valence-corrected chi connectivity index (χ1v) is 7.58. The molecular weight excluding hydrogens is 280 g/mol. The van der Waals surface area contributed by atoms with Crippen molar-refractivity contribution in [2.75, 3.05) is 12.8 Å². The first kappa shape index (κ1) is 15.1. The molecule has 0 N–H and O–H groups in total. The average molecular weight is 296 g/mol. The number of hydrogen-bond donors (Lipinski definition) is 0. The van der Waals surface area contributed by atoms with Gasteiger partial charge in [-0.3, -0.25) is 4.79 Å². The van der Waals surface area contributed by atoms with Crippen LogP contribution >= 0.6 is 11.8 Å². The highest BCUT2D eigenvalue weighted by atomic mass is 32.2. The van der Waals surface area contributed by atoms with Crippen molar-refractivity contribution in [3.8, 4) is 6.07 Å². The number of thioether (sulfide) groups is 1. The van der Waals surface area contributed by atoms with Crippen LogP contribution in [0, 0.1) is 11.3 Å². The van der Waals surface area contributed by atoms with Gasteiger partial charge in [-0.15, -0.1) is 11.8 Å². The summed E-state index contributed by atoms with van der Waals surface area (Å²) in [6, 6.07) is 19.3. The molecule has 3 nitrogen and oxygen atoms in total. The maximum Gasteiger partial charge on any atom is 0.232 e. The Kier molecular flexibility index (Phi) is 5.42. The van der Waals surface area contributed by atoms with Gasteiger partial charge in [0, 0.05) is 18.5 Å². The van der Waals surface area contributed by atoms with Crippen molar-refractivity contribution in [1.82, 2.24) is 4.90 Å². The standard InChI is InChI=1S/C17H16N2OS/c1-19(12-15-9-7-14(11-18)8-10-15)17(20)13-21-16-5-3-2-4-6-16/h2-10H,12-13H2,1H3. The number of nitriles is 1. The Balaban J connectivity index is 1.86. The van der Waals surface area contributed by atoms with Gasteiger partial charge in [-0.25, -0.2) is 0 Å². The van der Waals surface area contributed by atoms with Crippen LogP contribution < -0.4 is 0 Å². The predicted molar refractivity (Wildman–Crippen MR) is 84.8 cm³/mol. The highest BCUT2D eigenvalue weighted by Gasteiger charge is 2.09. The summed E-state index contributed by atoms with van der Waals surface area (Å²) in [6.45, 7) is 0.555. The number of carbonyl (C=O) groups is 1. The van der Waals surface area contributed by atoms with Crippen LogP contribution in [-0.4, -0.2) is 23.6 Å². The molecule has 0 atom stereocenters. The number of benzene rings is 2. The quantitative estimate of drug-likeness (QED) is 0.795. The van der Waals surface area contributed by atoms with Gasteiger partial charge in [0.2, 0.25) is 5.91 Å². The van der Waals surface area contributed by atoms with E-state index < -0.39 is 0 Å². The minimum absolute atomic E-state index is 0.0909. The number of amides is 1. The van der Waals surface area contributed by atoms with Gasteiger partial charge >= 0.3 is 0 Å². The smallest absolute Gasteiger partial charge is 0.232 e. The molecule has 4 heteroatoms. The maximum atomic E-state index is 12.1. The molecule has 2 aromatic carbocycles. The topological polar surface area (TPSA) is 44.1 Å². The molecule has 0 saturated heterocycles. The SMILES string of the molecule is CN(Cc1ccc(C#N)cc1)C(=O)CSc1ccccc1. The van der Waals surface area contributed by atoms with Crippen molar-refractivity contribution >= 4 is 17.7 Å². The van der Waals surface area contributed by atoms with Crippen molar-refractivity contribution in [1.29, 1.82) is 5.26 Å². The second-order valence-corrected chi connectivity index (χ2v) is 5.71. The average Bonchev–Trinajstić information content (AvgIpc) is 2.54. The lowest BCUT2D eigenvalue weighted by molar-refractivity contribution is -0.127. The summed E-state index contributed by atoms with van der Waals surface area (Å²) in [6.07, 6.45) is 0. The van der Waals surface area contributed by atoms with E-state index in [1.54, 1.807) is 24.1 Å². The van der Waals surface area contributed by atoms with E-state index in [-0.39, 0.29) is 5.91 Å². The lowest BCUT2D eigenvalue weighted by Gasteiger charge is -2.17. The van der Waals surface area contributed by atoms with E-state index in [2.05, 4.69) is 6.07 Å². The van der Waals surface area contributed by atoms with Crippen LogP contribution in [0.3, 0.4) is 0 Å². The summed E-state index contributed by atoms with van der Waals surface area (Å²) in [4.78, 5) is 14.9. The Morgan fingerprint density at radius 2 is 1.81 bits per heavy atom. The van der Waals surface area contributed by atoms with Gasteiger partial charge in [0.15, 0.2) is 0 Å². The van der Waals surface area contributed by atoms with Crippen molar-refractivity contribution in [3.63, 3.8) is 0 Å². The lowest BCUT2D eigenvalue weighted by atomic mass is 10.1. The third-order valence-corrected chi connectivity index (χ3v) is 4.03. The molecular formula is C17H16N2OS. The van der Waals surface area contributed by atoms with Crippen molar-refractivity contribution in [3.05, 3.63) is 65.7 Å². The Bertz CT molecular complexity index is 632. The molecule has 0 unspecified atom stereocenters. The Morgan fingerprint density at radius 1 is 1.14 bits per heavy atom. The van der Waals surface area contributed by atoms with Crippen LogP contribution in [0.15, 0.2) is 59.5 Å². The first-order valence-electron chi connectivity index (χ1n) is 6.60. The van der Waals surface area contributed by atoms with E-state index in [9.17, 15) is 4.79 Å². The van der Waals surface area contributed by atoms with Crippen molar-refractivity contribution < 1.29 is 4.79 Å². The van der Waals surface area contributed by atoms with Crippen LogP contribution in [0.25, 0.3) is 0 Å². The molecule has 2 rings (SSSR count). The third kappa shape index (κ3) is 4.66.